The van der Waals surface area contributed by atoms with Crippen molar-refractivity contribution in [2.45, 2.75) is 25.7 Å². The lowest BCUT2D eigenvalue weighted by Crippen LogP contribution is -2.38. The second-order valence-corrected chi connectivity index (χ2v) is 6.64. The Bertz CT molecular complexity index is 626. The molecular weight excluding hydrogens is 305 g/mol. The quantitative estimate of drug-likeness (QED) is 0.863. The first-order valence-electron chi connectivity index (χ1n) is 8.68. The third kappa shape index (κ3) is 4.07. The summed E-state index contributed by atoms with van der Waals surface area (Å²) in [5, 5.41) is 2.90. The van der Waals surface area contributed by atoms with Gasteiger partial charge in [-0.2, -0.15) is 0 Å². The van der Waals surface area contributed by atoms with Crippen LogP contribution in [0.25, 0.3) is 0 Å². The van der Waals surface area contributed by atoms with E-state index in [4.69, 9.17) is 6.42 Å². The zero-order chi connectivity index (χ0) is 16.9. The summed E-state index contributed by atoms with van der Waals surface area (Å²) in [7, 11) is 0. The molecule has 1 N–H and O–H groups in total. The molecule has 0 saturated carbocycles. The number of piperidine rings is 1. The average molecular weight is 329 g/mol. The number of anilines is 2. The number of amides is 1. The number of carbonyl (C=O) groups is 1. The smallest absolute Gasteiger partial charge is 0.227 e. The number of likely N-dealkylation sites (tertiary alicyclic amines) is 1. The van der Waals surface area contributed by atoms with Crippen molar-refractivity contribution >= 4 is 17.3 Å². The zero-order valence-corrected chi connectivity index (χ0v) is 13.9. The van der Waals surface area contributed by atoms with Gasteiger partial charge in [-0.3, -0.25) is 9.69 Å². The number of benzene rings is 1. The summed E-state index contributed by atoms with van der Waals surface area (Å²) in [6.07, 6.45) is 9.18. The first kappa shape index (κ1) is 16.8. The highest BCUT2D eigenvalue weighted by molar-refractivity contribution is 5.93. The van der Waals surface area contributed by atoms with E-state index in [2.05, 4.69) is 21.0 Å². The normalized spacial score (nSPS) is 19.2. The molecule has 4 nitrogen and oxygen atoms in total. The second-order valence-electron chi connectivity index (χ2n) is 6.64. The SMILES string of the molecule is C#CCN1CCC(C(=O)Nc2cc(F)cc(N3CCCC3)c2)CC1. The molecule has 0 unspecified atom stereocenters. The van der Waals surface area contributed by atoms with Gasteiger partial charge in [-0.25, -0.2) is 4.39 Å². The predicted molar refractivity (Wildman–Crippen MR) is 94.5 cm³/mol. The highest BCUT2D eigenvalue weighted by atomic mass is 19.1. The van der Waals surface area contributed by atoms with Crippen LogP contribution >= 0.6 is 0 Å². The Hall–Kier alpha value is -2.06. The molecule has 0 atom stereocenters. The molecule has 2 aliphatic rings. The van der Waals surface area contributed by atoms with E-state index >= 15 is 0 Å². The molecule has 0 aromatic heterocycles. The van der Waals surface area contributed by atoms with Crippen molar-refractivity contribution in [2.24, 2.45) is 5.92 Å². The minimum Gasteiger partial charge on any atom is -0.371 e. The van der Waals surface area contributed by atoms with Crippen LogP contribution in [0.1, 0.15) is 25.7 Å². The van der Waals surface area contributed by atoms with Crippen LogP contribution in [0.4, 0.5) is 15.8 Å². The van der Waals surface area contributed by atoms with E-state index in [0.29, 0.717) is 12.2 Å². The molecule has 5 heteroatoms. The Balaban J connectivity index is 1.61. The van der Waals surface area contributed by atoms with Crippen molar-refractivity contribution in [1.82, 2.24) is 4.90 Å². The van der Waals surface area contributed by atoms with Crippen LogP contribution in [-0.2, 0) is 4.79 Å². The van der Waals surface area contributed by atoms with Gasteiger partial charge in [0.05, 0.1) is 6.54 Å². The van der Waals surface area contributed by atoms with Crippen LogP contribution < -0.4 is 10.2 Å². The fourth-order valence-electron chi connectivity index (χ4n) is 3.53. The van der Waals surface area contributed by atoms with Gasteiger partial charge in [0.2, 0.25) is 5.91 Å². The molecule has 0 aliphatic carbocycles. The number of hydrogen-bond donors (Lipinski definition) is 1. The average Bonchev–Trinajstić information content (AvgIpc) is 3.10. The maximum Gasteiger partial charge on any atom is 0.227 e. The lowest BCUT2D eigenvalue weighted by atomic mass is 9.96. The summed E-state index contributed by atoms with van der Waals surface area (Å²) in [6.45, 7) is 4.21. The minimum absolute atomic E-state index is 0.0201. The number of rotatable bonds is 4. The fourth-order valence-corrected chi connectivity index (χ4v) is 3.53. The van der Waals surface area contributed by atoms with Gasteiger partial charge in [0.15, 0.2) is 0 Å². The monoisotopic (exact) mass is 329 g/mol. The third-order valence-electron chi connectivity index (χ3n) is 4.89. The molecule has 1 amide bonds. The fraction of sp³-hybridized carbons (Fsp3) is 0.526. The van der Waals surface area contributed by atoms with Crippen molar-refractivity contribution in [3.05, 3.63) is 24.0 Å². The van der Waals surface area contributed by atoms with Crippen LogP contribution in [0.2, 0.25) is 0 Å². The van der Waals surface area contributed by atoms with E-state index in [1.807, 2.05) is 6.07 Å². The summed E-state index contributed by atoms with van der Waals surface area (Å²) in [5.41, 5.74) is 1.40. The number of halogens is 1. The summed E-state index contributed by atoms with van der Waals surface area (Å²) in [5.74, 6) is 2.28. The van der Waals surface area contributed by atoms with Gasteiger partial charge in [0.1, 0.15) is 5.82 Å². The highest BCUT2D eigenvalue weighted by Gasteiger charge is 2.25. The van der Waals surface area contributed by atoms with Crippen LogP contribution in [-0.4, -0.2) is 43.5 Å². The molecular formula is C19H24FN3O. The van der Waals surface area contributed by atoms with Crippen molar-refractivity contribution < 1.29 is 9.18 Å². The van der Waals surface area contributed by atoms with E-state index in [9.17, 15) is 9.18 Å². The van der Waals surface area contributed by atoms with Crippen LogP contribution in [0.5, 0.6) is 0 Å². The lowest BCUT2D eigenvalue weighted by molar-refractivity contribution is -0.121. The van der Waals surface area contributed by atoms with E-state index < -0.39 is 0 Å². The molecule has 2 fully saturated rings. The summed E-state index contributed by atoms with van der Waals surface area (Å²) in [6, 6.07) is 4.81. The number of nitrogens with zero attached hydrogens (tertiary/aromatic N) is 2. The van der Waals surface area contributed by atoms with Crippen molar-refractivity contribution in [3.63, 3.8) is 0 Å². The molecule has 0 spiro atoms. The molecule has 2 aliphatic heterocycles. The number of carbonyl (C=O) groups excluding carboxylic acids is 1. The first-order chi connectivity index (χ1) is 11.7. The highest BCUT2D eigenvalue weighted by Crippen LogP contribution is 2.26. The molecule has 0 radical (unpaired) electrons. The number of terminal acetylenes is 1. The molecule has 1 aromatic carbocycles. The zero-order valence-electron chi connectivity index (χ0n) is 13.9. The molecule has 2 saturated heterocycles. The molecule has 1 aromatic rings. The Labute approximate surface area is 143 Å². The molecule has 3 rings (SSSR count). The molecule has 0 bridgehead atoms. The number of nitrogens with one attached hydrogen (secondary N) is 1. The van der Waals surface area contributed by atoms with Crippen molar-refractivity contribution in [2.75, 3.05) is 42.9 Å². The van der Waals surface area contributed by atoms with Gasteiger partial charge < -0.3 is 10.2 Å². The molecule has 2 heterocycles. The first-order valence-corrected chi connectivity index (χ1v) is 8.68. The topological polar surface area (TPSA) is 35.6 Å². The maximum atomic E-state index is 13.9. The van der Waals surface area contributed by atoms with Gasteiger partial charge in [-0.1, -0.05) is 5.92 Å². The van der Waals surface area contributed by atoms with Crippen molar-refractivity contribution in [3.8, 4) is 12.3 Å². The van der Waals surface area contributed by atoms with Crippen LogP contribution in [0, 0.1) is 24.1 Å². The summed E-state index contributed by atoms with van der Waals surface area (Å²) < 4.78 is 13.9. The van der Waals surface area contributed by atoms with Gasteiger partial charge in [-0.15, -0.1) is 6.42 Å². The van der Waals surface area contributed by atoms with Gasteiger partial charge in [0.25, 0.3) is 0 Å². The largest absolute Gasteiger partial charge is 0.371 e. The summed E-state index contributed by atoms with van der Waals surface area (Å²) >= 11 is 0. The van der Waals surface area contributed by atoms with Crippen LogP contribution in [0.15, 0.2) is 18.2 Å². The van der Waals surface area contributed by atoms with E-state index in [-0.39, 0.29) is 17.6 Å². The van der Waals surface area contributed by atoms with E-state index in [1.54, 1.807) is 6.07 Å². The molecule has 128 valence electrons. The second kappa shape index (κ2) is 7.67. The Morgan fingerprint density at radius 3 is 2.58 bits per heavy atom. The van der Waals surface area contributed by atoms with Crippen LogP contribution in [0.3, 0.4) is 0 Å². The van der Waals surface area contributed by atoms with E-state index in [1.165, 1.54) is 6.07 Å². The number of hydrogen-bond acceptors (Lipinski definition) is 3. The summed E-state index contributed by atoms with van der Waals surface area (Å²) in [4.78, 5) is 16.8. The van der Waals surface area contributed by atoms with Gasteiger partial charge >= 0.3 is 0 Å². The van der Waals surface area contributed by atoms with Gasteiger partial charge in [0, 0.05) is 30.4 Å². The third-order valence-corrected chi connectivity index (χ3v) is 4.89. The molecule has 24 heavy (non-hydrogen) atoms. The Morgan fingerprint density at radius 1 is 1.21 bits per heavy atom. The van der Waals surface area contributed by atoms with E-state index in [0.717, 1.165) is 57.5 Å². The van der Waals surface area contributed by atoms with Gasteiger partial charge in [-0.05, 0) is 57.0 Å². The Morgan fingerprint density at radius 2 is 1.92 bits per heavy atom. The minimum atomic E-state index is -0.307. The van der Waals surface area contributed by atoms with Crippen molar-refractivity contribution in [1.29, 1.82) is 0 Å². The Kier molecular flexibility index (Phi) is 5.37. The lowest BCUT2D eigenvalue weighted by Gasteiger charge is -2.29. The standard InChI is InChI=1S/C19H24FN3O/c1-2-7-22-10-5-15(6-11-22)19(24)21-17-12-16(20)13-18(14-17)23-8-3-4-9-23/h1,12-15H,3-11H2,(H,21,24). The maximum absolute atomic E-state index is 13.9. The predicted octanol–water partition coefficient (Wildman–Crippen LogP) is 2.71.